The van der Waals surface area contributed by atoms with E-state index in [0.717, 1.165) is 13.0 Å². The minimum absolute atomic E-state index is 0.0156. The summed E-state index contributed by atoms with van der Waals surface area (Å²) < 4.78 is 0. The first-order valence-corrected chi connectivity index (χ1v) is 8.61. The molecule has 0 rings (SSSR count). The number of unbranched alkanes of at least 4 members (excludes halogenated alkanes) is 7. The molecular weight excluding hydrogens is 244 g/mol. The fourth-order valence-electron chi connectivity index (χ4n) is 2.65. The molecule has 0 atom stereocenters. The van der Waals surface area contributed by atoms with E-state index >= 15 is 0 Å². The zero-order chi connectivity index (χ0) is 16.1. The molecule has 0 fully saturated rings. The zero-order valence-corrected chi connectivity index (χ0v) is 15.2. The molecule has 0 aromatic heterocycles. The van der Waals surface area contributed by atoms with Crippen LogP contribution in [-0.4, -0.2) is 12.1 Å². The summed E-state index contributed by atoms with van der Waals surface area (Å²) in [7, 11) is 0. The highest BCUT2D eigenvalue weighted by Crippen LogP contribution is 2.24. The van der Waals surface area contributed by atoms with Crippen LogP contribution in [0.2, 0.25) is 0 Å². The Balaban J connectivity index is 0. The van der Waals surface area contributed by atoms with Crippen molar-refractivity contribution in [1.29, 1.82) is 0 Å². The molecular formula is C18H42N2. The molecule has 0 aromatic carbocycles. The molecule has 2 heteroatoms. The summed E-state index contributed by atoms with van der Waals surface area (Å²) in [5.74, 6) is 0. The monoisotopic (exact) mass is 286 g/mol. The molecule has 0 radical (unpaired) electrons. The van der Waals surface area contributed by atoms with Gasteiger partial charge in [-0.1, -0.05) is 72.6 Å². The van der Waals surface area contributed by atoms with Crippen molar-refractivity contribution in [2.75, 3.05) is 6.54 Å². The standard InChI is InChI=1S/C10H23N.C8H19N/c1-2-3-4-5-6-7-8-9-10-11;1-7(2,3)6-8(4,5)9/h2-11H2,1H3;6,9H2,1-5H3. The van der Waals surface area contributed by atoms with E-state index < -0.39 is 0 Å². The van der Waals surface area contributed by atoms with Crippen molar-refractivity contribution in [2.24, 2.45) is 16.9 Å². The topological polar surface area (TPSA) is 52.0 Å². The van der Waals surface area contributed by atoms with Crippen molar-refractivity contribution >= 4 is 0 Å². The molecule has 0 aliphatic heterocycles. The van der Waals surface area contributed by atoms with Crippen LogP contribution in [0.3, 0.4) is 0 Å². The Morgan fingerprint density at radius 3 is 1.35 bits per heavy atom. The molecule has 0 unspecified atom stereocenters. The van der Waals surface area contributed by atoms with Crippen LogP contribution in [-0.2, 0) is 0 Å². The van der Waals surface area contributed by atoms with Crippen molar-refractivity contribution in [3.63, 3.8) is 0 Å². The number of hydrogen-bond acceptors (Lipinski definition) is 2. The quantitative estimate of drug-likeness (QED) is 0.569. The SMILES string of the molecule is CC(C)(C)CC(C)(C)N.CCCCCCCCCCN. The summed E-state index contributed by atoms with van der Waals surface area (Å²) in [5, 5.41) is 0. The van der Waals surface area contributed by atoms with Crippen LogP contribution in [0.4, 0.5) is 0 Å². The Morgan fingerprint density at radius 2 is 1.10 bits per heavy atom. The Labute approximate surface area is 129 Å². The van der Waals surface area contributed by atoms with Crippen molar-refractivity contribution < 1.29 is 0 Å². The lowest BCUT2D eigenvalue weighted by molar-refractivity contribution is 0.286. The molecule has 0 aliphatic rings. The molecule has 124 valence electrons. The highest BCUT2D eigenvalue weighted by molar-refractivity contribution is 4.78. The van der Waals surface area contributed by atoms with E-state index in [1.165, 1.54) is 51.4 Å². The Kier molecular flexibility index (Phi) is 14.0. The van der Waals surface area contributed by atoms with Gasteiger partial charge in [0.25, 0.3) is 0 Å². The Hall–Kier alpha value is -0.0800. The van der Waals surface area contributed by atoms with Gasteiger partial charge in [0.15, 0.2) is 0 Å². The summed E-state index contributed by atoms with van der Waals surface area (Å²) in [6.45, 7) is 13.9. The molecule has 0 aromatic rings. The second kappa shape index (κ2) is 12.6. The summed E-state index contributed by atoms with van der Waals surface area (Å²) in [5.41, 5.74) is 11.6. The maximum Gasteiger partial charge on any atom is 0.0102 e. The molecule has 0 spiro atoms. The molecule has 0 heterocycles. The first-order chi connectivity index (χ1) is 9.12. The lowest BCUT2D eigenvalue weighted by Gasteiger charge is -2.28. The third-order valence-electron chi connectivity index (χ3n) is 3.04. The second-order valence-electron chi connectivity index (χ2n) is 7.99. The van der Waals surface area contributed by atoms with Gasteiger partial charge in [-0.15, -0.1) is 0 Å². The lowest BCUT2D eigenvalue weighted by Crippen LogP contribution is -2.36. The molecule has 0 bridgehead atoms. The van der Waals surface area contributed by atoms with Crippen molar-refractivity contribution in [1.82, 2.24) is 0 Å². The Morgan fingerprint density at radius 1 is 0.700 bits per heavy atom. The maximum atomic E-state index is 5.82. The van der Waals surface area contributed by atoms with E-state index in [1.807, 2.05) is 0 Å². The van der Waals surface area contributed by atoms with Crippen LogP contribution in [0, 0.1) is 5.41 Å². The maximum absolute atomic E-state index is 5.82. The minimum atomic E-state index is -0.0156. The van der Waals surface area contributed by atoms with E-state index in [1.54, 1.807) is 0 Å². The zero-order valence-electron chi connectivity index (χ0n) is 15.2. The normalized spacial score (nSPS) is 12.0. The highest BCUT2D eigenvalue weighted by Gasteiger charge is 2.20. The molecule has 0 aliphatic carbocycles. The third kappa shape index (κ3) is 26.5. The highest BCUT2D eigenvalue weighted by atomic mass is 14.7. The lowest BCUT2D eigenvalue weighted by atomic mass is 9.82. The second-order valence-corrected chi connectivity index (χ2v) is 7.99. The van der Waals surface area contributed by atoms with Gasteiger partial charge in [-0.2, -0.15) is 0 Å². The average Bonchev–Trinajstić information content (AvgIpc) is 2.24. The molecule has 2 nitrogen and oxygen atoms in total. The summed E-state index contributed by atoms with van der Waals surface area (Å²) in [6.07, 6.45) is 12.1. The summed E-state index contributed by atoms with van der Waals surface area (Å²) >= 11 is 0. The van der Waals surface area contributed by atoms with E-state index in [-0.39, 0.29) is 5.54 Å². The summed E-state index contributed by atoms with van der Waals surface area (Å²) in [4.78, 5) is 0. The van der Waals surface area contributed by atoms with Gasteiger partial charge < -0.3 is 11.5 Å². The van der Waals surface area contributed by atoms with Gasteiger partial charge in [-0.25, -0.2) is 0 Å². The Bertz CT molecular complexity index is 167. The average molecular weight is 287 g/mol. The van der Waals surface area contributed by atoms with Gasteiger partial charge in [-0.3, -0.25) is 0 Å². The largest absolute Gasteiger partial charge is 0.330 e. The smallest absolute Gasteiger partial charge is 0.0102 e. The van der Waals surface area contributed by atoms with Gasteiger partial charge >= 0.3 is 0 Å². The van der Waals surface area contributed by atoms with Gasteiger partial charge in [0.2, 0.25) is 0 Å². The predicted octanol–water partition coefficient (Wildman–Crippen LogP) is 5.25. The molecule has 0 saturated carbocycles. The number of rotatable bonds is 9. The number of nitrogens with two attached hydrogens (primary N) is 2. The van der Waals surface area contributed by atoms with E-state index in [2.05, 4.69) is 41.5 Å². The first kappa shape index (κ1) is 22.2. The molecule has 0 saturated heterocycles. The molecule has 20 heavy (non-hydrogen) atoms. The predicted molar refractivity (Wildman–Crippen MR) is 94.0 cm³/mol. The van der Waals surface area contributed by atoms with Gasteiger partial charge in [0.1, 0.15) is 0 Å². The fourth-order valence-corrected chi connectivity index (χ4v) is 2.65. The van der Waals surface area contributed by atoms with Crippen molar-refractivity contribution in [2.45, 2.75) is 105 Å². The van der Waals surface area contributed by atoms with Crippen LogP contribution < -0.4 is 11.5 Å². The van der Waals surface area contributed by atoms with Crippen LogP contribution in [0.15, 0.2) is 0 Å². The first-order valence-electron chi connectivity index (χ1n) is 8.61. The fraction of sp³-hybridized carbons (Fsp3) is 1.00. The molecule has 0 amide bonds. The van der Waals surface area contributed by atoms with Gasteiger partial charge in [0, 0.05) is 5.54 Å². The van der Waals surface area contributed by atoms with E-state index in [9.17, 15) is 0 Å². The van der Waals surface area contributed by atoms with Crippen LogP contribution in [0.25, 0.3) is 0 Å². The van der Waals surface area contributed by atoms with E-state index in [4.69, 9.17) is 11.5 Å². The third-order valence-corrected chi connectivity index (χ3v) is 3.04. The van der Waals surface area contributed by atoms with Crippen LogP contribution >= 0.6 is 0 Å². The number of hydrogen-bond donors (Lipinski definition) is 2. The van der Waals surface area contributed by atoms with Crippen LogP contribution in [0.1, 0.15) is 99.3 Å². The van der Waals surface area contributed by atoms with Crippen molar-refractivity contribution in [3.05, 3.63) is 0 Å². The van der Waals surface area contributed by atoms with Crippen LogP contribution in [0.5, 0.6) is 0 Å². The van der Waals surface area contributed by atoms with Gasteiger partial charge in [0.05, 0.1) is 0 Å². The molecule has 4 N–H and O–H groups in total. The van der Waals surface area contributed by atoms with Crippen molar-refractivity contribution in [3.8, 4) is 0 Å². The summed E-state index contributed by atoms with van der Waals surface area (Å²) in [6, 6.07) is 0. The van der Waals surface area contributed by atoms with E-state index in [0.29, 0.717) is 5.41 Å². The minimum Gasteiger partial charge on any atom is -0.330 e. The van der Waals surface area contributed by atoms with Gasteiger partial charge in [-0.05, 0) is 38.6 Å².